The average Bonchev–Trinajstić information content (AvgIpc) is 4.39. The number of carbonyl (C=O) groups excluding carboxylic acids is 8. The Morgan fingerprint density at radius 3 is 2.00 bits per heavy atom. The lowest BCUT2D eigenvalue weighted by molar-refractivity contribution is -0.140. The number of aldehydes is 1. The second kappa shape index (κ2) is 25.5. The summed E-state index contributed by atoms with van der Waals surface area (Å²) in [6.45, 7) is 7.90. The second-order valence-electron chi connectivity index (χ2n) is 18.3. The summed E-state index contributed by atoms with van der Waals surface area (Å²) in [4.78, 5) is 126. The van der Waals surface area contributed by atoms with Gasteiger partial charge in [-0.25, -0.2) is 9.97 Å². The Kier molecular flexibility index (Phi) is 18.6. The predicted octanol–water partition coefficient (Wildman–Crippen LogP) is 2.12. The van der Waals surface area contributed by atoms with Gasteiger partial charge in [0.25, 0.3) is 11.8 Å². The third kappa shape index (κ3) is 13.4. The number of rotatable bonds is 27. The van der Waals surface area contributed by atoms with Crippen molar-refractivity contribution in [2.45, 2.75) is 84.4 Å². The molecule has 1 aliphatic heterocycles. The number of carboxylic acid groups (broad SMARTS) is 1. The smallest absolute Gasteiger partial charge is 0.321 e. The van der Waals surface area contributed by atoms with Crippen LogP contribution < -0.4 is 36.9 Å². The minimum atomic E-state index is -1.23. The zero-order valence-electron chi connectivity index (χ0n) is 44.3. The largest absolute Gasteiger partial charge is 0.494 e. The number of likely N-dealkylation sites (N-methyl/N-ethyl adjacent to an activating group) is 1. The minimum Gasteiger partial charge on any atom is -0.494 e. The highest BCUT2D eigenvalue weighted by Crippen LogP contribution is 2.33. The Morgan fingerprint density at radius 2 is 1.46 bits per heavy atom. The number of carboxylic acids is 1. The normalized spacial score (nSPS) is 13.8. The molecule has 4 aromatic heterocycles. The zero-order valence-corrected chi connectivity index (χ0v) is 45.1. The molecule has 2 atom stereocenters. The summed E-state index contributed by atoms with van der Waals surface area (Å²) in [5.41, 5.74) is 14.9. The lowest BCUT2D eigenvalue weighted by atomic mass is 10.1. The Balaban J connectivity index is 1.07. The van der Waals surface area contributed by atoms with Crippen molar-refractivity contribution in [1.82, 2.24) is 53.8 Å². The van der Waals surface area contributed by atoms with Crippen molar-refractivity contribution >= 4 is 99.3 Å². The van der Waals surface area contributed by atoms with Crippen LogP contribution >= 0.6 is 11.8 Å². The second-order valence-corrected chi connectivity index (χ2v) is 19.5. The molecule has 0 aliphatic carbocycles. The Morgan fingerprint density at radius 1 is 0.873 bits per heavy atom. The molecule has 2 unspecified atom stereocenters. The summed E-state index contributed by atoms with van der Waals surface area (Å²) in [5.74, 6) is -4.29. The van der Waals surface area contributed by atoms with Gasteiger partial charge in [0.15, 0.2) is 0 Å². The fourth-order valence-electron chi connectivity index (χ4n) is 8.66. The molecule has 79 heavy (non-hydrogen) atoms. The highest BCUT2D eigenvalue weighted by Gasteiger charge is 2.39. The van der Waals surface area contributed by atoms with Crippen molar-refractivity contribution in [3.8, 4) is 11.5 Å². The molecule has 1 saturated heterocycles. The van der Waals surface area contributed by atoms with Crippen LogP contribution in [0.5, 0.6) is 11.5 Å². The molecular formula is C51H61N15O12S. The summed E-state index contributed by atoms with van der Waals surface area (Å²) >= 11 is 0.968. The van der Waals surface area contributed by atoms with Gasteiger partial charge in [0.05, 0.1) is 47.9 Å². The quantitative estimate of drug-likeness (QED) is 0.0186. The lowest BCUT2D eigenvalue weighted by Gasteiger charge is -2.18. The molecule has 5 heterocycles. The lowest BCUT2D eigenvalue weighted by Crippen LogP contribution is -2.40. The van der Waals surface area contributed by atoms with E-state index in [4.69, 9.17) is 31.0 Å². The van der Waals surface area contributed by atoms with Crippen LogP contribution in [0.15, 0.2) is 48.6 Å². The van der Waals surface area contributed by atoms with E-state index in [0.29, 0.717) is 64.9 Å². The van der Waals surface area contributed by atoms with Gasteiger partial charge >= 0.3 is 5.97 Å². The van der Waals surface area contributed by atoms with Gasteiger partial charge < -0.3 is 45.4 Å². The number of anilines is 2. The highest BCUT2D eigenvalue weighted by atomic mass is 32.2. The number of methoxy groups -OCH3 is 1. The summed E-state index contributed by atoms with van der Waals surface area (Å²) in [6.07, 6.45) is 4.10. The number of nitrogens with two attached hydrogens (primary N) is 2. The number of thioether (sulfide) groups is 1. The average molecular weight is 1110 g/mol. The number of carbonyl (C=O) groups is 9. The number of likely N-dealkylation sites (tertiary alicyclic amines) is 1. The number of hydrogen-bond acceptors (Lipinski definition) is 17. The molecular weight excluding hydrogens is 1050 g/mol. The summed E-state index contributed by atoms with van der Waals surface area (Å²) in [5, 5.41) is 25.3. The maximum Gasteiger partial charge on any atom is 0.321 e. The van der Waals surface area contributed by atoms with Gasteiger partial charge in [-0.3, -0.25) is 68.0 Å². The number of benzene rings is 2. The predicted molar refractivity (Wildman–Crippen MR) is 289 cm³/mol. The third-order valence-electron chi connectivity index (χ3n) is 12.7. The number of aryl methyl sites for hydroxylation is 4. The molecule has 0 bridgehead atoms. The molecule has 27 nitrogen and oxygen atoms in total. The number of aliphatic carboxylic acids is 1. The summed E-state index contributed by atoms with van der Waals surface area (Å²) in [6, 6.07) is 8.17. The van der Waals surface area contributed by atoms with E-state index >= 15 is 0 Å². The van der Waals surface area contributed by atoms with E-state index in [2.05, 4.69) is 31.1 Å². The number of nitrogens with zero attached hydrogens (tertiary/aromatic N) is 10. The van der Waals surface area contributed by atoms with Crippen molar-refractivity contribution in [3.05, 3.63) is 82.5 Å². The standard InChI is InChI=1S/C51H61N15O12S/c1-7-65-35(18-28(3)59-65)46(72)57-50-55-33-20-30(26-67)21-38(78-17-11-13-61(5)42(70)25-54-40(68)12-16-62-41(69)24-39(48(62)74)79-27-32(52)49(75)76)44(33)64(50)15-10-9-14-63-43-34(22-31(45(53)71)23-37(43)77-6)56-51(63)58-47(73)36-19-29(4)60-66(36)8-2/h9-10,18-23,26,32,39H,7-8,11-17,24-25,27,52H2,1-6H3,(H2,53,71)(H,54,68)(H,75,76)(H,55,57,72)(H,56,58,73)/b10-9+. The maximum absolute atomic E-state index is 13.9. The SMILES string of the molecule is CCn1nc(C)cc1C(=O)Nc1nc2cc(C(N)=O)cc(OC)c2n1C/C=C/Cn1c(NC(=O)c2cc(C)nn2CC)nc2cc(C=O)cc(OCCCN(C)C(=O)CNC(=O)CCN3C(=O)CC(SCC(N)C(=O)O)C3=O)c21. The highest BCUT2D eigenvalue weighted by molar-refractivity contribution is 8.00. The van der Waals surface area contributed by atoms with E-state index in [-0.39, 0.29) is 98.1 Å². The van der Waals surface area contributed by atoms with Crippen LogP contribution in [0.2, 0.25) is 0 Å². The van der Waals surface area contributed by atoms with Gasteiger partial charge in [-0.15, -0.1) is 11.8 Å². The van der Waals surface area contributed by atoms with Crippen LogP contribution in [-0.2, 0) is 50.2 Å². The topological polar surface area (TPSA) is 358 Å². The number of nitrogens with one attached hydrogen (secondary N) is 3. The molecule has 1 fully saturated rings. The van der Waals surface area contributed by atoms with Gasteiger partial charge in [0.2, 0.25) is 41.4 Å². The van der Waals surface area contributed by atoms with Gasteiger partial charge in [-0.1, -0.05) is 12.2 Å². The number of aromatic nitrogens is 8. The van der Waals surface area contributed by atoms with Gasteiger partial charge in [0, 0.05) is 76.0 Å². The first-order valence-electron chi connectivity index (χ1n) is 25.1. The molecule has 418 valence electrons. The molecule has 8 N–H and O–H groups in total. The molecule has 0 radical (unpaired) electrons. The number of allylic oxidation sites excluding steroid dienone is 2. The van der Waals surface area contributed by atoms with Crippen LogP contribution in [-0.4, -0.2) is 165 Å². The first-order chi connectivity index (χ1) is 37.7. The molecule has 0 spiro atoms. The van der Waals surface area contributed by atoms with Crippen molar-refractivity contribution in [2.75, 3.05) is 56.8 Å². The van der Waals surface area contributed by atoms with Crippen LogP contribution in [0.1, 0.15) is 86.2 Å². The number of fused-ring (bicyclic) bond motifs is 2. The van der Waals surface area contributed by atoms with E-state index in [9.17, 15) is 43.2 Å². The van der Waals surface area contributed by atoms with E-state index in [1.165, 1.54) is 30.2 Å². The van der Waals surface area contributed by atoms with Crippen molar-refractivity contribution < 1.29 is 57.7 Å². The number of amides is 7. The van der Waals surface area contributed by atoms with Crippen molar-refractivity contribution in [3.63, 3.8) is 0 Å². The Hall–Kier alpha value is -8.92. The molecule has 7 amide bonds. The molecule has 28 heteroatoms. The van der Waals surface area contributed by atoms with Crippen molar-refractivity contribution in [2.24, 2.45) is 11.5 Å². The molecule has 2 aromatic carbocycles. The number of primary amides is 1. The van der Waals surface area contributed by atoms with Crippen LogP contribution in [0.4, 0.5) is 11.9 Å². The van der Waals surface area contributed by atoms with E-state index in [0.717, 1.165) is 16.7 Å². The minimum absolute atomic E-state index is 0.0403. The Labute approximate surface area is 456 Å². The zero-order chi connectivity index (χ0) is 57.2. The fraction of sp³-hybridized carbons (Fsp3) is 0.392. The molecule has 0 saturated carbocycles. The maximum atomic E-state index is 13.9. The fourth-order valence-corrected chi connectivity index (χ4v) is 9.77. The molecule has 1 aliphatic rings. The number of ether oxygens (including phenoxy) is 2. The van der Waals surface area contributed by atoms with E-state index in [1.807, 2.05) is 13.8 Å². The first kappa shape index (κ1) is 57.8. The number of hydrogen-bond donors (Lipinski definition) is 6. The van der Waals surface area contributed by atoms with Crippen LogP contribution in [0.3, 0.4) is 0 Å². The van der Waals surface area contributed by atoms with Gasteiger partial charge in [-0.2, -0.15) is 10.2 Å². The number of imidazole rings is 2. The van der Waals surface area contributed by atoms with Crippen molar-refractivity contribution in [1.29, 1.82) is 0 Å². The molecule has 6 aromatic rings. The first-order valence-corrected chi connectivity index (χ1v) is 26.1. The summed E-state index contributed by atoms with van der Waals surface area (Å²) in [7, 11) is 2.97. The Bertz CT molecular complexity index is 3390. The van der Waals surface area contributed by atoms with E-state index < -0.39 is 58.6 Å². The number of imide groups is 1. The van der Waals surface area contributed by atoms with Crippen LogP contribution in [0, 0.1) is 13.8 Å². The third-order valence-corrected chi connectivity index (χ3v) is 14.0. The van der Waals surface area contributed by atoms with Gasteiger partial charge in [0.1, 0.15) is 46.2 Å². The summed E-state index contributed by atoms with van der Waals surface area (Å²) < 4.78 is 18.5. The van der Waals surface area contributed by atoms with E-state index in [1.54, 1.807) is 69.7 Å². The monoisotopic (exact) mass is 1110 g/mol. The molecule has 7 rings (SSSR count). The van der Waals surface area contributed by atoms with Crippen LogP contribution in [0.25, 0.3) is 22.1 Å². The van der Waals surface area contributed by atoms with Gasteiger partial charge in [-0.05, 0) is 70.5 Å².